The Morgan fingerprint density at radius 2 is 1.76 bits per heavy atom. The number of carbonyl (C=O) groups is 2. The van der Waals surface area contributed by atoms with E-state index in [1.54, 1.807) is 18.2 Å². The standard InChI is InChI=1S/C15H8ClFINO2/c16-9-1-4-13(17)8(5-9)7-19-14(20)11-3-2-10(18)6-12(11)15(19)21/h1-6H,7H2. The largest absolute Gasteiger partial charge is 0.270 e. The Bertz CT molecular complexity index is 778. The Morgan fingerprint density at radius 3 is 2.52 bits per heavy atom. The maximum absolute atomic E-state index is 13.8. The van der Waals surface area contributed by atoms with Gasteiger partial charge in [0.15, 0.2) is 0 Å². The molecule has 0 saturated carbocycles. The SMILES string of the molecule is O=C1c2ccc(I)cc2C(=O)N1Cc1cc(Cl)ccc1F. The molecule has 0 aromatic heterocycles. The van der Waals surface area contributed by atoms with Crippen molar-refractivity contribution < 1.29 is 14.0 Å². The molecule has 0 unspecified atom stereocenters. The molecule has 0 saturated heterocycles. The molecule has 6 heteroatoms. The van der Waals surface area contributed by atoms with Crippen LogP contribution in [0.5, 0.6) is 0 Å². The summed E-state index contributed by atoms with van der Waals surface area (Å²) in [7, 11) is 0. The Morgan fingerprint density at radius 1 is 1.05 bits per heavy atom. The lowest BCUT2D eigenvalue weighted by atomic mass is 10.1. The molecule has 0 fully saturated rings. The number of hydrogen-bond acceptors (Lipinski definition) is 2. The van der Waals surface area contributed by atoms with Gasteiger partial charge in [-0.1, -0.05) is 11.6 Å². The molecule has 0 radical (unpaired) electrons. The summed E-state index contributed by atoms with van der Waals surface area (Å²) in [6.07, 6.45) is 0. The van der Waals surface area contributed by atoms with Gasteiger partial charge in [0.05, 0.1) is 17.7 Å². The van der Waals surface area contributed by atoms with E-state index in [0.717, 1.165) is 8.47 Å². The molecule has 106 valence electrons. The van der Waals surface area contributed by atoms with Crippen molar-refractivity contribution in [1.29, 1.82) is 0 Å². The summed E-state index contributed by atoms with van der Waals surface area (Å²) in [5.41, 5.74) is 0.920. The van der Waals surface area contributed by atoms with Gasteiger partial charge in [-0.05, 0) is 59.0 Å². The molecule has 21 heavy (non-hydrogen) atoms. The molecular formula is C15H8ClFINO2. The second-order valence-electron chi connectivity index (χ2n) is 4.62. The minimum atomic E-state index is -0.495. The van der Waals surface area contributed by atoms with Gasteiger partial charge in [-0.25, -0.2) is 4.39 Å². The van der Waals surface area contributed by atoms with E-state index >= 15 is 0 Å². The predicted octanol–water partition coefficient (Wildman–Crippen LogP) is 3.88. The van der Waals surface area contributed by atoms with Crippen molar-refractivity contribution in [3.63, 3.8) is 0 Å². The van der Waals surface area contributed by atoms with Crippen molar-refractivity contribution in [2.75, 3.05) is 0 Å². The van der Waals surface area contributed by atoms with Crippen LogP contribution < -0.4 is 0 Å². The van der Waals surface area contributed by atoms with Crippen molar-refractivity contribution in [2.24, 2.45) is 0 Å². The second-order valence-corrected chi connectivity index (χ2v) is 6.30. The van der Waals surface area contributed by atoms with Gasteiger partial charge in [0.2, 0.25) is 0 Å². The average molecular weight is 416 g/mol. The summed E-state index contributed by atoms with van der Waals surface area (Å²) in [5.74, 6) is -1.32. The third-order valence-electron chi connectivity index (χ3n) is 3.27. The number of fused-ring (bicyclic) bond motifs is 1. The first-order valence-corrected chi connectivity index (χ1v) is 7.52. The lowest BCUT2D eigenvalue weighted by molar-refractivity contribution is 0.0641. The van der Waals surface area contributed by atoms with Crippen LogP contribution in [-0.2, 0) is 6.54 Å². The van der Waals surface area contributed by atoms with Gasteiger partial charge in [-0.15, -0.1) is 0 Å². The fourth-order valence-electron chi connectivity index (χ4n) is 2.24. The van der Waals surface area contributed by atoms with Crippen molar-refractivity contribution in [2.45, 2.75) is 6.54 Å². The zero-order valence-corrected chi connectivity index (χ0v) is 13.5. The first kappa shape index (κ1) is 14.5. The minimum Gasteiger partial charge on any atom is -0.270 e. The van der Waals surface area contributed by atoms with Gasteiger partial charge in [0, 0.05) is 14.2 Å². The van der Waals surface area contributed by atoms with Crippen molar-refractivity contribution in [3.8, 4) is 0 Å². The first-order chi connectivity index (χ1) is 9.97. The van der Waals surface area contributed by atoms with Gasteiger partial charge in [-0.2, -0.15) is 0 Å². The van der Waals surface area contributed by atoms with Crippen molar-refractivity contribution >= 4 is 46.0 Å². The number of nitrogens with zero attached hydrogens (tertiary/aromatic N) is 1. The normalized spacial score (nSPS) is 13.8. The summed E-state index contributed by atoms with van der Waals surface area (Å²) in [6, 6.07) is 9.10. The zero-order chi connectivity index (χ0) is 15.1. The van der Waals surface area contributed by atoms with Crippen molar-refractivity contribution in [3.05, 3.63) is 67.5 Å². The fraction of sp³-hybridized carbons (Fsp3) is 0.0667. The van der Waals surface area contributed by atoms with E-state index < -0.39 is 17.6 Å². The van der Waals surface area contributed by atoms with E-state index in [9.17, 15) is 14.0 Å². The van der Waals surface area contributed by atoms with Gasteiger partial charge in [0.25, 0.3) is 11.8 Å². The highest BCUT2D eigenvalue weighted by molar-refractivity contribution is 14.1. The molecular weight excluding hydrogens is 408 g/mol. The molecule has 0 bridgehead atoms. The maximum atomic E-state index is 13.8. The first-order valence-electron chi connectivity index (χ1n) is 6.07. The van der Waals surface area contributed by atoms with Crippen LogP contribution in [0.4, 0.5) is 4.39 Å². The van der Waals surface area contributed by atoms with Crippen LogP contribution in [-0.4, -0.2) is 16.7 Å². The number of carbonyl (C=O) groups excluding carboxylic acids is 2. The number of amides is 2. The number of rotatable bonds is 2. The van der Waals surface area contributed by atoms with Crippen LogP contribution in [0, 0.1) is 9.39 Å². The van der Waals surface area contributed by atoms with Gasteiger partial charge < -0.3 is 0 Å². The van der Waals surface area contributed by atoms with E-state index in [1.165, 1.54) is 18.2 Å². The quantitative estimate of drug-likeness (QED) is 0.551. The molecule has 1 aliphatic rings. The minimum absolute atomic E-state index is 0.130. The van der Waals surface area contributed by atoms with Gasteiger partial charge >= 0.3 is 0 Å². The van der Waals surface area contributed by atoms with Crippen LogP contribution in [0.3, 0.4) is 0 Å². The number of hydrogen-bond donors (Lipinski definition) is 0. The highest BCUT2D eigenvalue weighted by Crippen LogP contribution is 2.27. The molecule has 3 rings (SSSR count). The molecule has 1 heterocycles. The topological polar surface area (TPSA) is 37.4 Å². The monoisotopic (exact) mass is 415 g/mol. The van der Waals surface area contributed by atoms with E-state index in [1.807, 2.05) is 0 Å². The van der Waals surface area contributed by atoms with E-state index in [2.05, 4.69) is 22.6 Å². The Hall–Kier alpha value is -1.47. The van der Waals surface area contributed by atoms with E-state index in [0.29, 0.717) is 16.1 Å². The predicted molar refractivity (Wildman–Crippen MR) is 84.8 cm³/mol. The molecule has 0 aliphatic carbocycles. The van der Waals surface area contributed by atoms with Crippen LogP contribution in [0.2, 0.25) is 5.02 Å². The third-order valence-corrected chi connectivity index (χ3v) is 4.18. The van der Waals surface area contributed by atoms with Gasteiger partial charge in [0.1, 0.15) is 5.82 Å². The Kier molecular flexibility index (Phi) is 3.71. The highest BCUT2D eigenvalue weighted by atomic mass is 127. The zero-order valence-electron chi connectivity index (χ0n) is 10.6. The van der Waals surface area contributed by atoms with Crippen LogP contribution >= 0.6 is 34.2 Å². The van der Waals surface area contributed by atoms with Crippen LogP contribution in [0.15, 0.2) is 36.4 Å². The number of imide groups is 1. The summed E-state index contributed by atoms with van der Waals surface area (Å²) < 4.78 is 14.6. The summed E-state index contributed by atoms with van der Waals surface area (Å²) >= 11 is 7.90. The van der Waals surface area contributed by atoms with Crippen LogP contribution in [0.25, 0.3) is 0 Å². The number of benzene rings is 2. The summed E-state index contributed by atoms with van der Waals surface area (Å²) in [4.78, 5) is 25.6. The average Bonchev–Trinajstić information content (AvgIpc) is 2.67. The molecule has 2 aromatic rings. The molecule has 0 atom stereocenters. The smallest absolute Gasteiger partial charge is 0.261 e. The fourth-order valence-corrected chi connectivity index (χ4v) is 2.93. The molecule has 2 aromatic carbocycles. The second kappa shape index (κ2) is 5.38. The molecule has 3 nitrogen and oxygen atoms in total. The summed E-state index contributed by atoms with van der Waals surface area (Å²) in [5, 5.41) is 0.359. The lowest BCUT2D eigenvalue weighted by Gasteiger charge is -2.14. The van der Waals surface area contributed by atoms with Crippen LogP contribution in [0.1, 0.15) is 26.3 Å². The highest BCUT2D eigenvalue weighted by Gasteiger charge is 2.35. The lowest BCUT2D eigenvalue weighted by Crippen LogP contribution is -2.29. The van der Waals surface area contributed by atoms with E-state index in [-0.39, 0.29) is 12.1 Å². The van der Waals surface area contributed by atoms with Crippen molar-refractivity contribution in [1.82, 2.24) is 4.90 Å². The summed E-state index contributed by atoms with van der Waals surface area (Å²) in [6.45, 7) is -0.130. The number of halogens is 3. The molecule has 2 amide bonds. The molecule has 1 aliphatic heterocycles. The van der Waals surface area contributed by atoms with E-state index in [4.69, 9.17) is 11.6 Å². The molecule has 0 N–H and O–H groups in total. The van der Waals surface area contributed by atoms with Gasteiger partial charge in [-0.3, -0.25) is 14.5 Å². The Labute approximate surface area is 138 Å². The molecule has 0 spiro atoms. The third kappa shape index (κ3) is 2.55. The maximum Gasteiger partial charge on any atom is 0.261 e. The Balaban J connectivity index is 1.97.